The van der Waals surface area contributed by atoms with Gasteiger partial charge >= 0.3 is 12.2 Å². The molecule has 0 bridgehead atoms. The highest BCUT2D eigenvalue weighted by molar-refractivity contribution is 7.99. The lowest BCUT2D eigenvalue weighted by Crippen LogP contribution is -2.51. The zero-order valence-electron chi connectivity index (χ0n) is 18.5. The highest BCUT2D eigenvalue weighted by Gasteiger charge is 2.36. The average Bonchev–Trinajstić information content (AvgIpc) is 3.54. The zero-order valence-corrected chi connectivity index (χ0v) is 19.3. The number of nitrogens with one attached hydrogen (secondary N) is 1. The van der Waals surface area contributed by atoms with Crippen molar-refractivity contribution in [1.82, 2.24) is 20.0 Å². The van der Waals surface area contributed by atoms with E-state index in [0.717, 1.165) is 42.3 Å². The molecule has 33 heavy (non-hydrogen) atoms. The molecule has 3 fully saturated rings. The Labute approximate surface area is 196 Å². The normalized spacial score (nSPS) is 24.2. The van der Waals surface area contributed by atoms with Gasteiger partial charge < -0.3 is 9.80 Å². The van der Waals surface area contributed by atoms with E-state index < -0.39 is 12.6 Å². The molecule has 3 heterocycles. The van der Waals surface area contributed by atoms with E-state index in [1.807, 2.05) is 21.6 Å². The van der Waals surface area contributed by atoms with Crippen LogP contribution in [0, 0.1) is 0 Å². The second-order valence-corrected chi connectivity index (χ2v) is 10.7. The molecule has 178 valence electrons. The highest BCUT2D eigenvalue weighted by atomic mass is 32.2. The lowest BCUT2D eigenvalue weighted by atomic mass is 9.82. The van der Waals surface area contributed by atoms with Crippen LogP contribution in [0.3, 0.4) is 0 Å². The maximum absolute atomic E-state index is 13.3. The van der Waals surface area contributed by atoms with E-state index in [2.05, 4.69) is 16.3 Å². The topological polar surface area (TPSA) is 52.2 Å². The van der Waals surface area contributed by atoms with Crippen LogP contribution in [-0.2, 0) is 6.42 Å². The molecular weight excluding hydrogens is 449 g/mol. The van der Waals surface area contributed by atoms with Gasteiger partial charge in [-0.05, 0) is 36.5 Å². The summed E-state index contributed by atoms with van der Waals surface area (Å²) in [7, 11) is 0. The summed E-state index contributed by atoms with van der Waals surface area (Å²) < 4.78 is 38.3. The van der Waals surface area contributed by atoms with Crippen LogP contribution in [0.1, 0.15) is 59.5 Å². The van der Waals surface area contributed by atoms with Gasteiger partial charge in [0.2, 0.25) is 0 Å². The summed E-state index contributed by atoms with van der Waals surface area (Å²) in [5, 5.41) is 7.77. The Morgan fingerprint density at radius 3 is 2.39 bits per heavy atom. The number of H-pyrrole nitrogens is 1. The molecule has 5 nitrogen and oxygen atoms in total. The van der Waals surface area contributed by atoms with E-state index >= 15 is 0 Å². The summed E-state index contributed by atoms with van der Waals surface area (Å²) in [6.45, 7) is 2.73. The Morgan fingerprint density at radius 1 is 1.03 bits per heavy atom. The fraction of sp³-hybridized carbons (Fsp3) is 0.583. The molecule has 1 aromatic heterocycles. The van der Waals surface area contributed by atoms with Crippen molar-refractivity contribution in [1.29, 1.82) is 0 Å². The van der Waals surface area contributed by atoms with Gasteiger partial charge in [0, 0.05) is 61.1 Å². The zero-order chi connectivity index (χ0) is 23.0. The Hall–Kier alpha value is -2.16. The third kappa shape index (κ3) is 5.50. The monoisotopic (exact) mass is 478 g/mol. The van der Waals surface area contributed by atoms with Gasteiger partial charge in [-0.2, -0.15) is 30.0 Å². The van der Waals surface area contributed by atoms with Crippen molar-refractivity contribution < 1.29 is 18.0 Å². The number of hydrogen-bond acceptors (Lipinski definition) is 3. The van der Waals surface area contributed by atoms with Crippen LogP contribution in [-0.4, -0.2) is 69.9 Å². The predicted molar refractivity (Wildman–Crippen MR) is 123 cm³/mol. The van der Waals surface area contributed by atoms with Crippen molar-refractivity contribution in [3.05, 3.63) is 52.8 Å². The number of urea groups is 1. The Balaban J connectivity index is 1.36. The Bertz CT molecular complexity index is 967. The lowest BCUT2D eigenvalue weighted by molar-refractivity contribution is -0.127. The third-order valence-electron chi connectivity index (χ3n) is 6.91. The quantitative estimate of drug-likeness (QED) is 0.663. The number of carbonyl (C=O) groups is 1. The first-order valence-electron chi connectivity index (χ1n) is 11.7. The lowest BCUT2D eigenvalue weighted by Gasteiger charge is -2.40. The molecule has 2 aliphatic heterocycles. The number of hydrogen-bond donors (Lipinski definition) is 1. The largest absolute Gasteiger partial charge is 0.393 e. The summed E-state index contributed by atoms with van der Waals surface area (Å²) >= 11 is 1.87. The molecule has 2 saturated heterocycles. The van der Waals surface area contributed by atoms with Gasteiger partial charge in [0.25, 0.3) is 0 Å². The number of rotatable bonds is 4. The van der Waals surface area contributed by atoms with Gasteiger partial charge in [-0.15, -0.1) is 0 Å². The second kappa shape index (κ2) is 9.24. The molecule has 2 atom stereocenters. The number of benzene rings is 1. The highest BCUT2D eigenvalue weighted by Crippen LogP contribution is 2.41. The summed E-state index contributed by atoms with van der Waals surface area (Å²) in [5.74, 6) is 2.66. The first-order chi connectivity index (χ1) is 15.9. The number of likely N-dealkylation sites (tertiary alicyclic amines) is 1. The molecule has 9 heteroatoms. The van der Waals surface area contributed by atoms with E-state index in [-0.39, 0.29) is 23.4 Å². The van der Waals surface area contributed by atoms with Crippen LogP contribution in [0.2, 0.25) is 0 Å². The van der Waals surface area contributed by atoms with Crippen LogP contribution in [0.5, 0.6) is 0 Å². The van der Waals surface area contributed by atoms with Crippen molar-refractivity contribution in [2.24, 2.45) is 0 Å². The van der Waals surface area contributed by atoms with E-state index in [0.29, 0.717) is 19.0 Å². The van der Waals surface area contributed by atoms with Crippen LogP contribution >= 0.6 is 11.8 Å². The van der Waals surface area contributed by atoms with Crippen molar-refractivity contribution >= 4 is 17.8 Å². The number of thioether (sulfide) groups is 1. The molecule has 1 aromatic carbocycles. The summed E-state index contributed by atoms with van der Waals surface area (Å²) in [4.78, 5) is 17.2. The molecular formula is C24H29F3N4OS. The van der Waals surface area contributed by atoms with Crippen LogP contribution < -0.4 is 0 Å². The average molecular weight is 479 g/mol. The first-order valence-corrected chi connectivity index (χ1v) is 12.8. The SMILES string of the molecule is O=C(N1CCSCC1)N1CC(c2ccc(CC(F)(F)F)cc2)CC(c2cc(C3CC3)[nH]n2)C1. The van der Waals surface area contributed by atoms with Gasteiger partial charge in [-0.25, -0.2) is 4.79 Å². The van der Waals surface area contributed by atoms with Crippen LogP contribution in [0.4, 0.5) is 18.0 Å². The first kappa shape index (κ1) is 22.6. The van der Waals surface area contributed by atoms with E-state index in [1.54, 1.807) is 24.3 Å². The minimum atomic E-state index is -4.22. The number of amides is 2. The van der Waals surface area contributed by atoms with Gasteiger partial charge in [-0.3, -0.25) is 5.10 Å². The van der Waals surface area contributed by atoms with Gasteiger partial charge in [-0.1, -0.05) is 24.3 Å². The van der Waals surface area contributed by atoms with Gasteiger partial charge in [0.15, 0.2) is 0 Å². The van der Waals surface area contributed by atoms with Crippen LogP contribution in [0.15, 0.2) is 30.3 Å². The van der Waals surface area contributed by atoms with E-state index in [4.69, 9.17) is 0 Å². The van der Waals surface area contributed by atoms with Gasteiger partial charge in [0.05, 0.1) is 12.1 Å². The minimum absolute atomic E-state index is 0.0628. The van der Waals surface area contributed by atoms with Crippen molar-refractivity contribution in [2.45, 2.75) is 49.6 Å². The molecule has 2 unspecified atom stereocenters. The maximum Gasteiger partial charge on any atom is 0.393 e. The third-order valence-corrected chi connectivity index (χ3v) is 7.85. The number of aromatic nitrogens is 2. The van der Waals surface area contributed by atoms with Crippen LogP contribution in [0.25, 0.3) is 0 Å². The molecule has 2 aromatic rings. The Morgan fingerprint density at radius 2 is 1.73 bits per heavy atom. The summed E-state index contributed by atoms with van der Waals surface area (Å²) in [5.41, 5.74) is 3.41. The number of piperidine rings is 1. The number of nitrogens with zero attached hydrogens (tertiary/aromatic N) is 3. The second-order valence-electron chi connectivity index (χ2n) is 9.47. The molecule has 1 saturated carbocycles. The molecule has 5 rings (SSSR count). The molecule has 1 N–H and O–H groups in total. The smallest absolute Gasteiger partial charge is 0.323 e. The number of carbonyl (C=O) groups excluding carboxylic acids is 1. The number of alkyl halides is 3. The van der Waals surface area contributed by atoms with Crippen molar-refractivity contribution in [3.8, 4) is 0 Å². The maximum atomic E-state index is 13.3. The predicted octanol–water partition coefficient (Wildman–Crippen LogP) is 5.13. The molecule has 3 aliphatic rings. The fourth-order valence-electron chi connectivity index (χ4n) is 4.97. The van der Waals surface area contributed by atoms with Crippen molar-refractivity contribution in [3.63, 3.8) is 0 Å². The molecule has 0 spiro atoms. The molecule has 2 amide bonds. The summed E-state index contributed by atoms with van der Waals surface area (Å²) in [6.07, 6.45) is -1.93. The van der Waals surface area contributed by atoms with Gasteiger partial charge in [0.1, 0.15) is 0 Å². The molecule has 0 radical (unpaired) electrons. The minimum Gasteiger partial charge on any atom is -0.323 e. The number of halogens is 3. The number of aromatic amines is 1. The summed E-state index contributed by atoms with van der Waals surface area (Å²) in [6, 6.07) is 8.96. The van der Waals surface area contributed by atoms with E-state index in [1.165, 1.54) is 18.5 Å². The fourth-order valence-corrected chi connectivity index (χ4v) is 5.87. The van der Waals surface area contributed by atoms with Crippen molar-refractivity contribution in [2.75, 3.05) is 37.7 Å². The standard InChI is InChI=1S/C24H29F3N4OS/c25-24(26,27)13-16-1-3-17(4-2-16)19-11-20(22-12-21(28-29-22)18-5-6-18)15-31(14-19)23(32)30-7-9-33-10-8-30/h1-4,12,18-20H,5-11,13-15H2,(H,28,29). The Kier molecular flexibility index (Phi) is 6.33. The molecule has 1 aliphatic carbocycles. The van der Waals surface area contributed by atoms with E-state index in [9.17, 15) is 18.0 Å².